The van der Waals surface area contributed by atoms with Gasteiger partial charge in [-0.05, 0) is 35.4 Å². The second-order valence-corrected chi connectivity index (χ2v) is 5.10. The van der Waals surface area contributed by atoms with Gasteiger partial charge in [-0.25, -0.2) is 10.9 Å². The summed E-state index contributed by atoms with van der Waals surface area (Å²) in [7, 11) is 0. The second-order valence-electron chi connectivity index (χ2n) is 5.10. The van der Waals surface area contributed by atoms with Crippen molar-refractivity contribution < 1.29 is 19.4 Å². The van der Waals surface area contributed by atoms with E-state index in [1.165, 1.54) is 61.0 Å². The first-order valence-electron chi connectivity index (χ1n) is 7.52. The minimum atomic E-state index is -1.08. The minimum Gasteiger partial charge on any atom is -0.262 e. The molecular weight excluding hydrogens is 372 g/mol. The molecular formula is C16H12N6O6. The molecule has 0 aromatic heterocycles. The van der Waals surface area contributed by atoms with Crippen molar-refractivity contribution in [3.8, 4) is 0 Å². The van der Waals surface area contributed by atoms with Crippen molar-refractivity contribution in [3.63, 3.8) is 0 Å². The Morgan fingerprint density at radius 1 is 0.714 bits per heavy atom. The topological polar surface area (TPSA) is 169 Å². The van der Waals surface area contributed by atoms with Gasteiger partial charge in [0.15, 0.2) is 0 Å². The predicted octanol–water partition coefficient (Wildman–Crippen LogP) is 1.10. The fourth-order valence-corrected chi connectivity index (χ4v) is 1.80. The molecule has 0 unspecified atom stereocenters. The Labute approximate surface area is 156 Å². The molecule has 0 saturated carbocycles. The molecule has 28 heavy (non-hydrogen) atoms. The Kier molecular flexibility index (Phi) is 6.58. The third-order valence-electron chi connectivity index (χ3n) is 3.17. The first-order chi connectivity index (χ1) is 13.4. The number of carbonyl (C=O) groups is 2. The van der Waals surface area contributed by atoms with Crippen LogP contribution in [0, 0.1) is 20.2 Å². The number of hydrazone groups is 2. The summed E-state index contributed by atoms with van der Waals surface area (Å²) >= 11 is 0. The maximum absolute atomic E-state index is 11.6. The number of carbonyl (C=O) groups excluding carboxylic acids is 2. The Morgan fingerprint density at radius 3 is 1.32 bits per heavy atom. The lowest BCUT2D eigenvalue weighted by atomic mass is 10.2. The molecule has 0 radical (unpaired) electrons. The Hall–Kier alpha value is -4.48. The van der Waals surface area contributed by atoms with Crippen LogP contribution in [0.15, 0.2) is 58.7 Å². The molecule has 0 heterocycles. The summed E-state index contributed by atoms with van der Waals surface area (Å²) in [6.07, 6.45) is 2.41. The van der Waals surface area contributed by atoms with Gasteiger partial charge in [-0.1, -0.05) is 0 Å². The number of benzene rings is 2. The molecule has 2 amide bonds. The predicted molar refractivity (Wildman–Crippen MR) is 97.7 cm³/mol. The number of nitrogens with zero attached hydrogens (tertiary/aromatic N) is 4. The van der Waals surface area contributed by atoms with Crippen molar-refractivity contribution in [2.24, 2.45) is 10.2 Å². The maximum atomic E-state index is 11.6. The fourth-order valence-electron chi connectivity index (χ4n) is 1.80. The van der Waals surface area contributed by atoms with Gasteiger partial charge < -0.3 is 0 Å². The molecule has 2 aromatic carbocycles. The summed E-state index contributed by atoms with van der Waals surface area (Å²) in [4.78, 5) is 43.1. The normalized spacial score (nSPS) is 10.7. The van der Waals surface area contributed by atoms with Crippen LogP contribution in [0.1, 0.15) is 11.1 Å². The molecule has 0 saturated heterocycles. The van der Waals surface area contributed by atoms with Crippen LogP contribution in [0.5, 0.6) is 0 Å². The van der Waals surface area contributed by atoms with Crippen molar-refractivity contribution in [2.75, 3.05) is 0 Å². The summed E-state index contributed by atoms with van der Waals surface area (Å²) in [5.74, 6) is -2.17. The molecule has 0 aliphatic carbocycles. The van der Waals surface area contributed by atoms with Gasteiger partial charge in [0.25, 0.3) is 11.4 Å². The summed E-state index contributed by atoms with van der Waals surface area (Å²) in [6, 6.07) is 10.7. The SMILES string of the molecule is O=C(NN=Cc1ccc([N+](=O)[O-])cc1)C(=O)N/N=C\c1ccc([N+](=O)[O-])cc1. The number of nitrogens with one attached hydrogen (secondary N) is 2. The zero-order valence-corrected chi connectivity index (χ0v) is 14.0. The summed E-state index contributed by atoms with van der Waals surface area (Å²) in [6.45, 7) is 0. The first kappa shape index (κ1) is 19.8. The summed E-state index contributed by atoms with van der Waals surface area (Å²) in [5.41, 5.74) is 4.71. The number of nitro groups is 2. The van der Waals surface area contributed by atoms with E-state index in [1.54, 1.807) is 0 Å². The lowest BCUT2D eigenvalue weighted by molar-refractivity contribution is -0.385. The van der Waals surface area contributed by atoms with Gasteiger partial charge in [0.2, 0.25) is 0 Å². The Balaban J connectivity index is 1.82. The molecule has 0 spiro atoms. The Morgan fingerprint density at radius 2 is 1.04 bits per heavy atom. The zero-order chi connectivity index (χ0) is 20.5. The average Bonchev–Trinajstić information content (AvgIpc) is 2.68. The molecule has 142 valence electrons. The van der Waals surface area contributed by atoms with Gasteiger partial charge in [0.05, 0.1) is 22.3 Å². The van der Waals surface area contributed by atoms with Crippen molar-refractivity contribution >= 4 is 35.6 Å². The lowest BCUT2D eigenvalue weighted by Gasteiger charge is -1.98. The number of amides is 2. The van der Waals surface area contributed by atoms with Gasteiger partial charge in [-0.15, -0.1) is 0 Å². The van der Waals surface area contributed by atoms with Crippen molar-refractivity contribution in [3.05, 3.63) is 79.9 Å². The smallest absolute Gasteiger partial charge is 0.262 e. The highest BCUT2D eigenvalue weighted by atomic mass is 16.6. The van der Waals surface area contributed by atoms with E-state index in [4.69, 9.17) is 0 Å². The highest BCUT2D eigenvalue weighted by molar-refractivity contribution is 6.35. The van der Waals surface area contributed by atoms with Gasteiger partial charge in [0.1, 0.15) is 0 Å². The molecule has 0 atom stereocenters. The van der Waals surface area contributed by atoms with Crippen LogP contribution in [0.25, 0.3) is 0 Å². The molecule has 0 bridgehead atoms. The van der Waals surface area contributed by atoms with E-state index in [2.05, 4.69) is 10.2 Å². The van der Waals surface area contributed by atoms with Gasteiger partial charge in [-0.3, -0.25) is 29.8 Å². The van der Waals surface area contributed by atoms with Crippen LogP contribution >= 0.6 is 0 Å². The van der Waals surface area contributed by atoms with Gasteiger partial charge in [0, 0.05) is 24.3 Å². The number of non-ortho nitro benzene ring substituents is 2. The minimum absolute atomic E-state index is 0.0913. The van der Waals surface area contributed by atoms with E-state index < -0.39 is 21.7 Å². The molecule has 2 rings (SSSR count). The van der Waals surface area contributed by atoms with Crippen LogP contribution in [-0.4, -0.2) is 34.1 Å². The van der Waals surface area contributed by atoms with Crippen molar-refractivity contribution in [1.82, 2.24) is 10.9 Å². The van der Waals surface area contributed by atoms with Crippen LogP contribution in [-0.2, 0) is 9.59 Å². The largest absolute Gasteiger partial charge is 0.331 e. The first-order valence-corrected chi connectivity index (χ1v) is 7.52. The van der Waals surface area contributed by atoms with Crippen LogP contribution in [0.2, 0.25) is 0 Å². The summed E-state index contributed by atoms with van der Waals surface area (Å²) in [5, 5.41) is 28.2. The molecule has 12 heteroatoms. The van der Waals surface area contributed by atoms with E-state index in [0.717, 1.165) is 0 Å². The fraction of sp³-hybridized carbons (Fsp3) is 0. The second kappa shape index (κ2) is 9.28. The van der Waals surface area contributed by atoms with E-state index in [9.17, 15) is 29.8 Å². The standard InChI is InChI=1S/C16H12N6O6/c23-15(19-17-9-11-1-5-13(6-2-11)21(25)26)16(24)20-18-10-12-3-7-14(8-4-12)22(27)28/h1-10H,(H,19,23)(H,20,24)/b17-9-,18-10?. The van der Waals surface area contributed by atoms with Gasteiger partial charge >= 0.3 is 11.8 Å². The molecule has 0 aliphatic heterocycles. The number of hydrogen-bond donors (Lipinski definition) is 2. The molecule has 2 aromatic rings. The number of rotatable bonds is 6. The maximum Gasteiger partial charge on any atom is 0.331 e. The van der Waals surface area contributed by atoms with Crippen LogP contribution in [0.4, 0.5) is 11.4 Å². The highest BCUT2D eigenvalue weighted by Crippen LogP contribution is 2.11. The third kappa shape index (κ3) is 5.80. The monoisotopic (exact) mass is 384 g/mol. The zero-order valence-electron chi connectivity index (χ0n) is 14.0. The molecule has 2 N–H and O–H groups in total. The summed E-state index contributed by atoms with van der Waals surface area (Å²) < 4.78 is 0. The van der Waals surface area contributed by atoms with Gasteiger partial charge in [-0.2, -0.15) is 10.2 Å². The number of hydrogen-bond acceptors (Lipinski definition) is 8. The third-order valence-corrected chi connectivity index (χ3v) is 3.17. The average molecular weight is 384 g/mol. The van der Waals surface area contributed by atoms with Crippen LogP contribution in [0.3, 0.4) is 0 Å². The molecule has 0 fully saturated rings. The van der Waals surface area contributed by atoms with E-state index in [0.29, 0.717) is 11.1 Å². The van der Waals surface area contributed by atoms with E-state index in [1.807, 2.05) is 10.9 Å². The van der Waals surface area contributed by atoms with Crippen LogP contribution < -0.4 is 10.9 Å². The molecule has 12 nitrogen and oxygen atoms in total. The van der Waals surface area contributed by atoms with Crippen molar-refractivity contribution in [1.29, 1.82) is 0 Å². The number of nitro benzene ring substituents is 2. The quantitative estimate of drug-likeness (QED) is 0.327. The highest BCUT2D eigenvalue weighted by Gasteiger charge is 2.11. The molecule has 0 aliphatic rings. The van der Waals surface area contributed by atoms with Crippen molar-refractivity contribution in [2.45, 2.75) is 0 Å². The lowest BCUT2D eigenvalue weighted by Crippen LogP contribution is -2.35. The van der Waals surface area contributed by atoms with E-state index in [-0.39, 0.29) is 11.4 Å². The van der Waals surface area contributed by atoms with E-state index >= 15 is 0 Å². The Bertz CT molecular complexity index is 873.